The van der Waals surface area contributed by atoms with Gasteiger partial charge in [0.1, 0.15) is 11.6 Å². The Morgan fingerprint density at radius 3 is 2.58 bits per heavy atom. The largest absolute Gasteiger partial charge is 0.481 e. The second-order valence-electron chi connectivity index (χ2n) is 5.98. The summed E-state index contributed by atoms with van der Waals surface area (Å²) >= 11 is 0. The molecule has 0 saturated carbocycles. The SMILES string of the molecule is CCCc1nc2ccccc2c(=O)n1NC(=O)C(C)Oc1ccccc1. The van der Waals surface area contributed by atoms with Crippen LogP contribution >= 0.6 is 0 Å². The molecule has 6 heteroatoms. The third-order valence-electron chi connectivity index (χ3n) is 3.97. The Labute approximate surface area is 151 Å². The fraction of sp³-hybridized carbons (Fsp3) is 0.250. The number of hydrogen-bond donors (Lipinski definition) is 1. The maximum Gasteiger partial charge on any atom is 0.280 e. The highest BCUT2D eigenvalue weighted by molar-refractivity contribution is 5.88. The summed E-state index contributed by atoms with van der Waals surface area (Å²) in [4.78, 5) is 29.9. The molecular formula is C20H21N3O3. The summed E-state index contributed by atoms with van der Waals surface area (Å²) < 4.78 is 6.86. The number of aryl methyl sites for hydroxylation is 1. The van der Waals surface area contributed by atoms with E-state index in [1.165, 1.54) is 4.68 Å². The summed E-state index contributed by atoms with van der Waals surface area (Å²) in [5.41, 5.74) is 2.99. The van der Waals surface area contributed by atoms with Crippen molar-refractivity contribution in [2.24, 2.45) is 0 Å². The van der Waals surface area contributed by atoms with Gasteiger partial charge in [0.25, 0.3) is 11.5 Å². The first-order chi connectivity index (χ1) is 12.6. The van der Waals surface area contributed by atoms with Gasteiger partial charge < -0.3 is 4.74 Å². The van der Waals surface area contributed by atoms with Crippen molar-refractivity contribution < 1.29 is 9.53 Å². The van der Waals surface area contributed by atoms with Crippen LogP contribution in [-0.2, 0) is 11.2 Å². The lowest BCUT2D eigenvalue weighted by atomic mass is 10.2. The minimum atomic E-state index is -0.759. The highest BCUT2D eigenvalue weighted by Crippen LogP contribution is 2.12. The van der Waals surface area contributed by atoms with Crippen LogP contribution in [0.5, 0.6) is 5.75 Å². The van der Waals surface area contributed by atoms with E-state index in [1.54, 1.807) is 37.3 Å². The first kappa shape index (κ1) is 17.7. The molecule has 0 fully saturated rings. The molecule has 1 aromatic heterocycles. The predicted octanol–water partition coefficient (Wildman–Crippen LogP) is 2.89. The fourth-order valence-electron chi connectivity index (χ4n) is 2.64. The lowest BCUT2D eigenvalue weighted by molar-refractivity contribution is -0.123. The van der Waals surface area contributed by atoms with Crippen molar-refractivity contribution in [1.82, 2.24) is 9.66 Å². The van der Waals surface area contributed by atoms with Crippen LogP contribution in [0.3, 0.4) is 0 Å². The predicted molar refractivity (Wildman–Crippen MR) is 101 cm³/mol. The van der Waals surface area contributed by atoms with Gasteiger partial charge in [-0.3, -0.25) is 15.0 Å². The summed E-state index contributed by atoms with van der Waals surface area (Å²) in [6, 6.07) is 16.2. The van der Waals surface area contributed by atoms with Crippen molar-refractivity contribution >= 4 is 16.8 Å². The molecule has 0 aliphatic carbocycles. The molecule has 0 spiro atoms. The van der Waals surface area contributed by atoms with E-state index in [-0.39, 0.29) is 5.56 Å². The normalized spacial score (nSPS) is 11.9. The quantitative estimate of drug-likeness (QED) is 0.741. The van der Waals surface area contributed by atoms with Gasteiger partial charge in [-0.15, -0.1) is 0 Å². The molecular weight excluding hydrogens is 330 g/mol. The van der Waals surface area contributed by atoms with Gasteiger partial charge in [-0.2, -0.15) is 0 Å². The van der Waals surface area contributed by atoms with Crippen LogP contribution in [0.25, 0.3) is 10.9 Å². The molecule has 3 aromatic rings. The number of benzene rings is 2. The van der Waals surface area contributed by atoms with E-state index in [1.807, 2.05) is 31.2 Å². The zero-order valence-electron chi connectivity index (χ0n) is 14.8. The monoisotopic (exact) mass is 351 g/mol. The Bertz CT molecular complexity index is 967. The van der Waals surface area contributed by atoms with Crippen LogP contribution in [0.2, 0.25) is 0 Å². The first-order valence-corrected chi connectivity index (χ1v) is 8.63. The highest BCUT2D eigenvalue weighted by Gasteiger charge is 2.18. The molecule has 6 nitrogen and oxygen atoms in total. The van der Waals surface area contributed by atoms with Crippen molar-refractivity contribution in [3.8, 4) is 5.75 Å². The van der Waals surface area contributed by atoms with Crippen LogP contribution in [0, 0.1) is 0 Å². The Kier molecular flexibility index (Phi) is 5.31. The van der Waals surface area contributed by atoms with E-state index >= 15 is 0 Å². The van der Waals surface area contributed by atoms with Gasteiger partial charge in [0.05, 0.1) is 10.9 Å². The fourth-order valence-corrected chi connectivity index (χ4v) is 2.64. The van der Waals surface area contributed by atoms with Crippen LogP contribution in [0.1, 0.15) is 26.1 Å². The van der Waals surface area contributed by atoms with E-state index in [0.29, 0.717) is 28.9 Å². The topological polar surface area (TPSA) is 73.2 Å². The average molecular weight is 351 g/mol. The molecule has 0 aliphatic rings. The van der Waals surface area contributed by atoms with Crippen molar-refractivity contribution in [3.05, 3.63) is 70.8 Å². The molecule has 1 unspecified atom stereocenters. The van der Waals surface area contributed by atoms with Gasteiger partial charge in [0, 0.05) is 6.42 Å². The van der Waals surface area contributed by atoms with Crippen molar-refractivity contribution in [1.29, 1.82) is 0 Å². The molecule has 134 valence electrons. The number of rotatable bonds is 6. The third kappa shape index (κ3) is 3.74. The Morgan fingerprint density at radius 1 is 1.15 bits per heavy atom. The molecule has 1 atom stereocenters. The molecule has 0 bridgehead atoms. The molecule has 26 heavy (non-hydrogen) atoms. The number of hydrogen-bond acceptors (Lipinski definition) is 4. The van der Waals surface area contributed by atoms with E-state index in [9.17, 15) is 9.59 Å². The first-order valence-electron chi connectivity index (χ1n) is 8.63. The van der Waals surface area contributed by atoms with Gasteiger partial charge in [0.15, 0.2) is 6.10 Å². The van der Waals surface area contributed by atoms with Gasteiger partial charge in [-0.1, -0.05) is 37.3 Å². The number of fused-ring (bicyclic) bond motifs is 1. The van der Waals surface area contributed by atoms with Crippen molar-refractivity contribution in [2.75, 3.05) is 5.43 Å². The number of ether oxygens (including phenoxy) is 1. The van der Waals surface area contributed by atoms with Crippen LogP contribution in [0.15, 0.2) is 59.4 Å². The van der Waals surface area contributed by atoms with E-state index < -0.39 is 12.0 Å². The second-order valence-corrected chi connectivity index (χ2v) is 5.98. The van der Waals surface area contributed by atoms with Crippen LogP contribution in [-0.4, -0.2) is 21.7 Å². The minimum absolute atomic E-state index is 0.292. The van der Waals surface area contributed by atoms with Gasteiger partial charge >= 0.3 is 0 Å². The summed E-state index contributed by atoms with van der Waals surface area (Å²) in [5.74, 6) is 0.703. The Balaban J connectivity index is 1.89. The molecule has 3 rings (SSSR count). The molecule has 0 radical (unpaired) electrons. The smallest absolute Gasteiger partial charge is 0.280 e. The standard InChI is InChI=1S/C20H21N3O3/c1-3-9-18-21-17-13-8-7-12-16(17)20(25)23(18)22-19(24)14(2)26-15-10-5-4-6-11-15/h4-8,10-14H,3,9H2,1-2H3,(H,22,24). The number of carbonyl (C=O) groups excluding carboxylic acids is 1. The summed E-state index contributed by atoms with van der Waals surface area (Å²) in [5, 5.41) is 0.462. The van der Waals surface area contributed by atoms with E-state index in [4.69, 9.17) is 4.74 Å². The number of nitrogens with zero attached hydrogens (tertiary/aromatic N) is 2. The minimum Gasteiger partial charge on any atom is -0.481 e. The zero-order valence-corrected chi connectivity index (χ0v) is 14.8. The maximum atomic E-state index is 12.8. The number of para-hydroxylation sites is 2. The Hall–Kier alpha value is -3.15. The van der Waals surface area contributed by atoms with E-state index in [2.05, 4.69) is 10.4 Å². The summed E-state index contributed by atoms with van der Waals surface area (Å²) in [7, 11) is 0. The molecule has 1 heterocycles. The summed E-state index contributed by atoms with van der Waals surface area (Å²) in [6.45, 7) is 3.63. The van der Waals surface area contributed by atoms with Crippen LogP contribution in [0.4, 0.5) is 0 Å². The van der Waals surface area contributed by atoms with Crippen LogP contribution < -0.4 is 15.7 Å². The maximum absolute atomic E-state index is 12.8. The Morgan fingerprint density at radius 2 is 1.85 bits per heavy atom. The number of aromatic nitrogens is 2. The van der Waals surface area contributed by atoms with Gasteiger partial charge in [-0.25, -0.2) is 9.66 Å². The number of carbonyl (C=O) groups is 1. The van der Waals surface area contributed by atoms with E-state index in [0.717, 1.165) is 6.42 Å². The van der Waals surface area contributed by atoms with Gasteiger partial charge in [-0.05, 0) is 37.6 Å². The molecule has 0 aliphatic heterocycles. The average Bonchev–Trinajstić information content (AvgIpc) is 2.65. The molecule has 1 N–H and O–H groups in total. The van der Waals surface area contributed by atoms with Gasteiger partial charge in [0.2, 0.25) is 0 Å². The lowest BCUT2D eigenvalue weighted by Crippen LogP contribution is -2.41. The number of nitrogens with one attached hydrogen (secondary N) is 1. The van der Waals surface area contributed by atoms with Crippen molar-refractivity contribution in [3.63, 3.8) is 0 Å². The zero-order chi connectivity index (χ0) is 18.5. The van der Waals surface area contributed by atoms with Crippen molar-refractivity contribution in [2.45, 2.75) is 32.8 Å². The summed E-state index contributed by atoms with van der Waals surface area (Å²) in [6.07, 6.45) is 0.621. The lowest BCUT2D eigenvalue weighted by Gasteiger charge is -2.18. The highest BCUT2D eigenvalue weighted by atomic mass is 16.5. The molecule has 2 aromatic carbocycles. The number of amides is 1. The molecule has 1 amide bonds. The third-order valence-corrected chi connectivity index (χ3v) is 3.97. The molecule has 0 saturated heterocycles. The second kappa shape index (κ2) is 7.82.